The van der Waals surface area contributed by atoms with E-state index in [0.717, 1.165) is 17.8 Å². The molecule has 0 saturated heterocycles. The van der Waals surface area contributed by atoms with Crippen LogP contribution in [0.2, 0.25) is 0 Å². The van der Waals surface area contributed by atoms with Crippen LogP contribution < -0.4 is 5.32 Å². The Balaban J connectivity index is 2.53. The van der Waals surface area contributed by atoms with E-state index in [1.807, 2.05) is 24.3 Å². The Morgan fingerprint density at radius 2 is 2.33 bits per heavy atom. The Labute approximate surface area is 91.9 Å². The fraction of sp³-hybridized carbons (Fsp3) is 0.400. The standard InChI is InChI=1S/C10H15NO3S/c1-14-6-5-11-10-4-2-3-9(7-10)8-15(12)13/h2-4,7,11H,5-6,8H2,1H3,(H,12,13). The highest BCUT2D eigenvalue weighted by Gasteiger charge is 1.99. The molecule has 0 spiro atoms. The van der Waals surface area contributed by atoms with Gasteiger partial charge < -0.3 is 14.6 Å². The summed E-state index contributed by atoms with van der Waals surface area (Å²) in [6.07, 6.45) is 0. The zero-order valence-corrected chi connectivity index (χ0v) is 9.42. The van der Waals surface area contributed by atoms with Crippen LogP contribution >= 0.6 is 0 Å². The van der Waals surface area contributed by atoms with E-state index in [-0.39, 0.29) is 5.75 Å². The van der Waals surface area contributed by atoms with Gasteiger partial charge in [-0.05, 0) is 17.7 Å². The van der Waals surface area contributed by atoms with Crippen LogP contribution in [0.5, 0.6) is 0 Å². The van der Waals surface area contributed by atoms with Gasteiger partial charge >= 0.3 is 0 Å². The lowest BCUT2D eigenvalue weighted by Crippen LogP contribution is -2.07. The SMILES string of the molecule is COCCNc1cccc(CS(=O)O)c1. The van der Waals surface area contributed by atoms with E-state index in [4.69, 9.17) is 9.29 Å². The van der Waals surface area contributed by atoms with Crippen LogP contribution in [0.25, 0.3) is 0 Å². The molecule has 0 fully saturated rings. The van der Waals surface area contributed by atoms with Crippen molar-refractivity contribution in [3.8, 4) is 0 Å². The molecule has 0 bridgehead atoms. The van der Waals surface area contributed by atoms with Gasteiger partial charge in [-0.25, -0.2) is 4.21 Å². The van der Waals surface area contributed by atoms with Crippen molar-refractivity contribution in [1.29, 1.82) is 0 Å². The van der Waals surface area contributed by atoms with Crippen LogP contribution in [-0.2, 0) is 21.6 Å². The van der Waals surface area contributed by atoms with Gasteiger partial charge in [0.1, 0.15) is 0 Å². The minimum atomic E-state index is -1.78. The van der Waals surface area contributed by atoms with Crippen molar-refractivity contribution in [2.45, 2.75) is 5.75 Å². The number of rotatable bonds is 6. The van der Waals surface area contributed by atoms with Crippen molar-refractivity contribution in [3.05, 3.63) is 29.8 Å². The zero-order chi connectivity index (χ0) is 11.1. The molecule has 1 unspecified atom stereocenters. The highest BCUT2D eigenvalue weighted by Crippen LogP contribution is 2.11. The molecule has 5 heteroatoms. The number of ether oxygens (including phenoxy) is 1. The molecule has 15 heavy (non-hydrogen) atoms. The summed E-state index contributed by atoms with van der Waals surface area (Å²) < 4.78 is 24.3. The number of methoxy groups -OCH3 is 1. The van der Waals surface area contributed by atoms with Gasteiger partial charge in [0.15, 0.2) is 11.1 Å². The lowest BCUT2D eigenvalue weighted by molar-refractivity contribution is 0.211. The minimum absolute atomic E-state index is 0.166. The molecule has 2 N–H and O–H groups in total. The first-order valence-electron chi connectivity index (χ1n) is 4.61. The molecule has 0 aliphatic carbocycles. The monoisotopic (exact) mass is 229 g/mol. The minimum Gasteiger partial charge on any atom is -0.383 e. The highest BCUT2D eigenvalue weighted by molar-refractivity contribution is 7.78. The largest absolute Gasteiger partial charge is 0.383 e. The molecule has 84 valence electrons. The van der Waals surface area contributed by atoms with Gasteiger partial charge in [-0.2, -0.15) is 0 Å². The lowest BCUT2D eigenvalue weighted by Gasteiger charge is -2.06. The average Bonchev–Trinajstić information content (AvgIpc) is 2.18. The van der Waals surface area contributed by atoms with Crippen molar-refractivity contribution >= 4 is 16.8 Å². The molecule has 4 nitrogen and oxygen atoms in total. The maximum atomic E-state index is 10.6. The summed E-state index contributed by atoms with van der Waals surface area (Å²) in [7, 11) is 1.65. The summed E-state index contributed by atoms with van der Waals surface area (Å²) in [5.41, 5.74) is 1.79. The van der Waals surface area contributed by atoms with Gasteiger partial charge in [0.25, 0.3) is 0 Å². The Morgan fingerprint density at radius 1 is 1.53 bits per heavy atom. The maximum Gasteiger partial charge on any atom is 0.157 e. The number of hydrogen-bond acceptors (Lipinski definition) is 3. The fourth-order valence-corrected chi connectivity index (χ4v) is 1.68. The third kappa shape index (κ3) is 4.92. The normalized spacial score (nSPS) is 12.4. The van der Waals surface area contributed by atoms with Crippen LogP contribution in [0.1, 0.15) is 5.56 Å². The van der Waals surface area contributed by atoms with Crippen LogP contribution in [-0.4, -0.2) is 29.0 Å². The first-order valence-corrected chi connectivity index (χ1v) is 5.89. The predicted molar refractivity (Wildman–Crippen MR) is 61.3 cm³/mol. The van der Waals surface area contributed by atoms with E-state index >= 15 is 0 Å². The second-order valence-corrected chi connectivity index (χ2v) is 4.02. The molecule has 0 aliphatic rings. The van der Waals surface area contributed by atoms with Crippen molar-refractivity contribution in [2.24, 2.45) is 0 Å². The summed E-state index contributed by atoms with van der Waals surface area (Å²) in [6, 6.07) is 7.47. The van der Waals surface area contributed by atoms with E-state index in [9.17, 15) is 4.21 Å². The van der Waals surface area contributed by atoms with Gasteiger partial charge in [0.05, 0.1) is 12.4 Å². The van der Waals surface area contributed by atoms with Crippen LogP contribution in [0.4, 0.5) is 5.69 Å². The Kier molecular flexibility index (Phi) is 5.31. The third-order valence-electron chi connectivity index (χ3n) is 1.85. The van der Waals surface area contributed by atoms with Crippen molar-refractivity contribution in [2.75, 3.05) is 25.6 Å². The second kappa shape index (κ2) is 6.55. The molecule has 0 radical (unpaired) electrons. The highest BCUT2D eigenvalue weighted by atomic mass is 32.2. The van der Waals surface area contributed by atoms with E-state index < -0.39 is 11.1 Å². The Morgan fingerprint density at radius 3 is 3.00 bits per heavy atom. The molecule has 0 saturated carbocycles. The Hall–Kier alpha value is -0.910. The lowest BCUT2D eigenvalue weighted by atomic mass is 10.2. The van der Waals surface area contributed by atoms with Gasteiger partial charge in [0.2, 0.25) is 0 Å². The molecular formula is C10H15NO3S. The summed E-state index contributed by atoms with van der Waals surface area (Å²) in [5, 5.41) is 3.15. The van der Waals surface area contributed by atoms with E-state index in [1.54, 1.807) is 7.11 Å². The number of anilines is 1. The van der Waals surface area contributed by atoms with Crippen LogP contribution in [0, 0.1) is 0 Å². The second-order valence-electron chi connectivity index (χ2n) is 3.09. The topological polar surface area (TPSA) is 58.6 Å². The Bertz CT molecular complexity index is 330. The predicted octanol–water partition coefficient (Wildman–Crippen LogP) is 1.47. The molecule has 0 aliphatic heterocycles. The quantitative estimate of drug-likeness (QED) is 0.573. The maximum absolute atomic E-state index is 10.6. The fourth-order valence-electron chi connectivity index (χ4n) is 1.21. The van der Waals surface area contributed by atoms with E-state index in [0.29, 0.717) is 6.61 Å². The van der Waals surface area contributed by atoms with Crippen molar-refractivity contribution in [3.63, 3.8) is 0 Å². The van der Waals surface area contributed by atoms with Crippen molar-refractivity contribution < 1.29 is 13.5 Å². The molecule has 1 aromatic rings. The molecule has 0 heterocycles. The smallest absolute Gasteiger partial charge is 0.157 e. The summed E-state index contributed by atoms with van der Waals surface area (Å²) in [4.78, 5) is 0. The number of nitrogens with one attached hydrogen (secondary N) is 1. The summed E-state index contributed by atoms with van der Waals surface area (Å²) in [6.45, 7) is 1.36. The van der Waals surface area contributed by atoms with Crippen LogP contribution in [0.3, 0.4) is 0 Å². The van der Waals surface area contributed by atoms with Crippen LogP contribution in [0.15, 0.2) is 24.3 Å². The molecular weight excluding hydrogens is 214 g/mol. The van der Waals surface area contributed by atoms with Crippen molar-refractivity contribution in [1.82, 2.24) is 0 Å². The first-order chi connectivity index (χ1) is 7.22. The van der Waals surface area contributed by atoms with E-state index in [2.05, 4.69) is 5.32 Å². The molecule has 1 atom stereocenters. The summed E-state index contributed by atoms with van der Waals surface area (Å²) >= 11 is -1.78. The number of benzene rings is 1. The zero-order valence-electron chi connectivity index (χ0n) is 8.60. The molecule has 0 amide bonds. The van der Waals surface area contributed by atoms with Gasteiger partial charge in [0, 0.05) is 19.3 Å². The molecule has 1 rings (SSSR count). The third-order valence-corrected chi connectivity index (χ3v) is 2.43. The molecule has 1 aromatic carbocycles. The van der Waals surface area contributed by atoms with Gasteiger partial charge in [-0.1, -0.05) is 12.1 Å². The number of hydrogen-bond donors (Lipinski definition) is 2. The average molecular weight is 229 g/mol. The van der Waals surface area contributed by atoms with Gasteiger partial charge in [-0.3, -0.25) is 0 Å². The van der Waals surface area contributed by atoms with Gasteiger partial charge in [-0.15, -0.1) is 0 Å². The van der Waals surface area contributed by atoms with E-state index in [1.165, 1.54) is 0 Å². The first kappa shape index (κ1) is 12.2. The summed E-state index contributed by atoms with van der Waals surface area (Å²) in [5.74, 6) is 0.166. The molecule has 0 aromatic heterocycles.